The Morgan fingerprint density at radius 1 is 1.14 bits per heavy atom. The zero-order chi connectivity index (χ0) is 20.1. The summed E-state index contributed by atoms with van der Waals surface area (Å²) in [6.07, 6.45) is 2.37. The number of rotatable bonds is 4. The van der Waals surface area contributed by atoms with Gasteiger partial charge in [-0.3, -0.25) is 9.48 Å². The molecule has 0 unspecified atom stereocenters. The number of aromatic nitrogens is 5. The molecule has 0 spiro atoms. The molecule has 7 nitrogen and oxygen atoms in total. The van der Waals surface area contributed by atoms with Crippen molar-refractivity contribution >= 4 is 5.91 Å². The van der Waals surface area contributed by atoms with Gasteiger partial charge in [0.25, 0.3) is 5.91 Å². The predicted octanol–water partition coefficient (Wildman–Crippen LogP) is 3.23. The molecule has 2 aromatic heterocycles. The minimum atomic E-state index is -0.0732. The lowest BCUT2D eigenvalue weighted by atomic mass is 10.1. The number of carbonyl (C=O) groups is 1. The van der Waals surface area contributed by atoms with Crippen LogP contribution in [0.1, 0.15) is 70.7 Å². The maximum Gasteiger partial charge on any atom is 0.254 e. The van der Waals surface area contributed by atoms with E-state index in [1.165, 1.54) is 12.8 Å². The summed E-state index contributed by atoms with van der Waals surface area (Å²) in [5.41, 5.74) is 3.92. The van der Waals surface area contributed by atoms with Gasteiger partial charge >= 0.3 is 0 Å². The van der Waals surface area contributed by atoms with E-state index in [2.05, 4.69) is 23.2 Å². The maximum atomic E-state index is 13.3. The summed E-state index contributed by atoms with van der Waals surface area (Å²) in [6.45, 7) is 8.12. The van der Waals surface area contributed by atoms with E-state index < -0.39 is 0 Å². The summed E-state index contributed by atoms with van der Waals surface area (Å²) in [7, 11) is 0. The molecule has 5 rings (SSSR count). The second kappa shape index (κ2) is 6.83. The van der Waals surface area contributed by atoms with Crippen LogP contribution in [0.25, 0.3) is 0 Å². The number of benzene rings is 1. The van der Waals surface area contributed by atoms with Crippen LogP contribution >= 0.6 is 0 Å². The van der Waals surface area contributed by atoms with Gasteiger partial charge in [0.1, 0.15) is 5.82 Å². The molecule has 1 atom stereocenters. The number of aryl methyl sites for hydroxylation is 2. The molecular formula is C22H26N6O. The Kier molecular flexibility index (Phi) is 4.26. The van der Waals surface area contributed by atoms with E-state index in [0.29, 0.717) is 31.1 Å². The van der Waals surface area contributed by atoms with Crippen LogP contribution in [-0.4, -0.2) is 41.9 Å². The first-order chi connectivity index (χ1) is 14.0. The minimum Gasteiger partial charge on any atom is -0.327 e. The average Bonchev–Trinajstić information content (AvgIpc) is 3.38. The van der Waals surface area contributed by atoms with Gasteiger partial charge in [-0.1, -0.05) is 12.1 Å². The molecule has 0 saturated heterocycles. The van der Waals surface area contributed by atoms with E-state index in [9.17, 15) is 4.79 Å². The summed E-state index contributed by atoms with van der Waals surface area (Å²) in [5, 5.41) is 9.19. The summed E-state index contributed by atoms with van der Waals surface area (Å²) in [5.74, 6) is 2.43. The molecule has 2 aliphatic rings. The quantitative estimate of drug-likeness (QED) is 0.686. The van der Waals surface area contributed by atoms with Crippen molar-refractivity contribution in [3.8, 4) is 0 Å². The Labute approximate surface area is 170 Å². The van der Waals surface area contributed by atoms with Crippen molar-refractivity contribution in [2.45, 2.75) is 58.7 Å². The van der Waals surface area contributed by atoms with E-state index in [1.807, 2.05) is 52.4 Å². The number of nitrogens with zero attached hydrogens (tertiary/aromatic N) is 6. The van der Waals surface area contributed by atoms with E-state index in [0.717, 1.165) is 28.6 Å². The van der Waals surface area contributed by atoms with Gasteiger partial charge in [-0.05, 0) is 57.4 Å². The highest BCUT2D eigenvalue weighted by Gasteiger charge is 2.34. The van der Waals surface area contributed by atoms with Gasteiger partial charge in [-0.15, -0.1) is 0 Å². The fourth-order valence-corrected chi connectivity index (χ4v) is 4.15. The minimum absolute atomic E-state index is 0.0509. The number of hydrogen-bond acceptors (Lipinski definition) is 4. The molecule has 29 heavy (non-hydrogen) atoms. The molecule has 0 bridgehead atoms. The van der Waals surface area contributed by atoms with E-state index >= 15 is 0 Å². The SMILES string of the molecule is Cc1cc(C)n(Cc2cccc(C(=O)N3CCn4nc(C5CC5)nc4[C@H]3C)c2)n1. The lowest BCUT2D eigenvalue weighted by molar-refractivity contribution is 0.0630. The number of amides is 1. The third-order valence-corrected chi connectivity index (χ3v) is 5.92. The Balaban J connectivity index is 1.37. The van der Waals surface area contributed by atoms with Gasteiger partial charge in [0.15, 0.2) is 5.82 Å². The standard InChI is InChI=1S/C22H26N6O/c1-14-11-15(2)28(24-14)13-17-5-4-6-19(12-17)22(29)26-9-10-27-21(16(26)3)23-20(25-27)18-7-8-18/h4-6,11-12,16,18H,7-10,13H2,1-3H3/t16-/m1/s1. The Morgan fingerprint density at radius 3 is 2.69 bits per heavy atom. The first-order valence-electron chi connectivity index (χ1n) is 10.3. The largest absolute Gasteiger partial charge is 0.327 e. The summed E-state index contributed by atoms with van der Waals surface area (Å²) < 4.78 is 3.96. The van der Waals surface area contributed by atoms with E-state index in [4.69, 9.17) is 4.98 Å². The lowest BCUT2D eigenvalue weighted by Crippen LogP contribution is -2.41. The fourth-order valence-electron chi connectivity index (χ4n) is 4.15. The average molecular weight is 390 g/mol. The van der Waals surface area contributed by atoms with Crippen LogP contribution in [0.15, 0.2) is 30.3 Å². The predicted molar refractivity (Wildman–Crippen MR) is 109 cm³/mol. The third-order valence-electron chi connectivity index (χ3n) is 5.92. The van der Waals surface area contributed by atoms with Crippen molar-refractivity contribution < 1.29 is 4.79 Å². The molecule has 0 N–H and O–H groups in total. The zero-order valence-corrected chi connectivity index (χ0v) is 17.2. The van der Waals surface area contributed by atoms with Gasteiger partial charge in [0.2, 0.25) is 0 Å². The van der Waals surface area contributed by atoms with Gasteiger partial charge in [-0.2, -0.15) is 10.2 Å². The van der Waals surface area contributed by atoms with Gasteiger partial charge in [-0.25, -0.2) is 9.67 Å². The highest BCUT2D eigenvalue weighted by atomic mass is 16.2. The monoisotopic (exact) mass is 390 g/mol. The van der Waals surface area contributed by atoms with Crippen molar-refractivity contribution in [3.05, 3.63) is 64.5 Å². The van der Waals surface area contributed by atoms with Crippen LogP contribution in [0, 0.1) is 13.8 Å². The molecule has 7 heteroatoms. The highest BCUT2D eigenvalue weighted by Crippen LogP contribution is 2.39. The van der Waals surface area contributed by atoms with Crippen LogP contribution in [0.2, 0.25) is 0 Å². The van der Waals surface area contributed by atoms with Crippen molar-refractivity contribution in [1.29, 1.82) is 0 Å². The molecule has 3 heterocycles. The summed E-state index contributed by atoms with van der Waals surface area (Å²) in [4.78, 5) is 20.0. The normalized spacial score (nSPS) is 18.7. The van der Waals surface area contributed by atoms with Crippen LogP contribution in [0.4, 0.5) is 0 Å². The van der Waals surface area contributed by atoms with Crippen LogP contribution < -0.4 is 0 Å². The van der Waals surface area contributed by atoms with Gasteiger partial charge in [0.05, 0.1) is 24.8 Å². The molecular weight excluding hydrogens is 364 g/mol. The van der Waals surface area contributed by atoms with Gasteiger partial charge in [0, 0.05) is 23.7 Å². The second-order valence-corrected chi connectivity index (χ2v) is 8.29. The van der Waals surface area contributed by atoms with Gasteiger partial charge < -0.3 is 4.90 Å². The molecule has 0 radical (unpaired) electrons. The zero-order valence-electron chi connectivity index (χ0n) is 17.2. The molecule has 1 fully saturated rings. The highest BCUT2D eigenvalue weighted by molar-refractivity contribution is 5.94. The first kappa shape index (κ1) is 18.1. The number of carbonyl (C=O) groups excluding carboxylic acids is 1. The molecule has 1 saturated carbocycles. The van der Waals surface area contributed by atoms with E-state index in [-0.39, 0.29) is 11.9 Å². The van der Waals surface area contributed by atoms with Crippen molar-refractivity contribution in [3.63, 3.8) is 0 Å². The van der Waals surface area contributed by atoms with Crippen molar-refractivity contribution in [1.82, 2.24) is 29.4 Å². The van der Waals surface area contributed by atoms with Crippen LogP contribution in [-0.2, 0) is 13.1 Å². The third kappa shape index (κ3) is 3.34. The second-order valence-electron chi connectivity index (χ2n) is 8.29. The lowest BCUT2D eigenvalue weighted by Gasteiger charge is -2.33. The van der Waals surface area contributed by atoms with Crippen molar-refractivity contribution in [2.75, 3.05) is 6.54 Å². The number of fused-ring (bicyclic) bond motifs is 1. The van der Waals surface area contributed by atoms with Crippen molar-refractivity contribution in [2.24, 2.45) is 0 Å². The first-order valence-corrected chi connectivity index (χ1v) is 10.3. The Bertz CT molecular complexity index is 1080. The topological polar surface area (TPSA) is 68.8 Å². The fraction of sp³-hybridized carbons (Fsp3) is 0.455. The molecule has 3 aromatic rings. The Hall–Kier alpha value is -2.96. The maximum absolute atomic E-state index is 13.3. The Morgan fingerprint density at radius 2 is 1.97 bits per heavy atom. The molecule has 1 aromatic carbocycles. The molecule has 150 valence electrons. The van der Waals surface area contributed by atoms with Crippen LogP contribution in [0.5, 0.6) is 0 Å². The molecule has 1 amide bonds. The molecule has 1 aliphatic carbocycles. The van der Waals surface area contributed by atoms with Crippen LogP contribution in [0.3, 0.4) is 0 Å². The van der Waals surface area contributed by atoms with E-state index in [1.54, 1.807) is 0 Å². The smallest absolute Gasteiger partial charge is 0.254 e. The summed E-state index contributed by atoms with van der Waals surface area (Å²) in [6, 6.07) is 9.88. The molecule has 1 aliphatic heterocycles. The summed E-state index contributed by atoms with van der Waals surface area (Å²) >= 11 is 0. The number of hydrogen-bond donors (Lipinski definition) is 0.